The Morgan fingerprint density at radius 1 is 1.14 bits per heavy atom. The zero-order valence-corrected chi connectivity index (χ0v) is 14.1. The van der Waals surface area contributed by atoms with Crippen molar-refractivity contribution in [2.75, 3.05) is 10.5 Å². The van der Waals surface area contributed by atoms with Gasteiger partial charge in [0.25, 0.3) is 10.0 Å². The lowest BCUT2D eigenvalue weighted by Gasteiger charge is -2.13. The number of anilines is 2. The van der Waals surface area contributed by atoms with Gasteiger partial charge in [0.1, 0.15) is 10.7 Å². The Morgan fingerprint density at radius 2 is 1.81 bits per heavy atom. The summed E-state index contributed by atoms with van der Waals surface area (Å²) in [7, 11) is -4.24. The van der Waals surface area contributed by atoms with Crippen LogP contribution in [0.5, 0.6) is 0 Å². The average Bonchev–Trinajstić information content (AvgIpc) is 2.39. The van der Waals surface area contributed by atoms with Crippen molar-refractivity contribution in [1.29, 1.82) is 0 Å². The number of sulfonamides is 1. The second-order valence-corrected chi connectivity index (χ2v) is 7.22. The normalized spacial score (nSPS) is 11.4. The SMILES string of the molecule is Nc1cccc(F)c1S(=O)(=O)Nc1ccc(Br)c(Cl)c1Cl. The van der Waals surface area contributed by atoms with Crippen molar-refractivity contribution in [3.05, 3.63) is 50.7 Å². The van der Waals surface area contributed by atoms with Crippen LogP contribution in [-0.2, 0) is 10.0 Å². The van der Waals surface area contributed by atoms with Gasteiger partial charge in [0, 0.05) is 4.47 Å². The van der Waals surface area contributed by atoms with E-state index in [2.05, 4.69) is 20.7 Å². The summed E-state index contributed by atoms with van der Waals surface area (Å²) in [5.74, 6) is -0.957. The summed E-state index contributed by atoms with van der Waals surface area (Å²) < 4.78 is 40.9. The zero-order chi connectivity index (χ0) is 15.8. The summed E-state index contributed by atoms with van der Waals surface area (Å²) in [6, 6.07) is 6.51. The van der Waals surface area contributed by atoms with Crippen molar-refractivity contribution in [3.63, 3.8) is 0 Å². The largest absolute Gasteiger partial charge is 0.398 e. The van der Waals surface area contributed by atoms with E-state index >= 15 is 0 Å². The first-order chi connectivity index (χ1) is 9.74. The number of nitrogen functional groups attached to an aromatic ring is 1. The maximum atomic E-state index is 13.7. The summed E-state index contributed by atoms with van der Waals surface area (Å²) in [6.45, 7) is 0. The fraction of sp³-hybridized carbons (Fsp3) is 0. The monoisotopic (exact) mass is 412 g/mol. The molecule has 4 nitrogen and oxygen atoms in total. The van der Waals surface area contributed by atoms with Crippen molar-refractivity contribution in [2.24, 2.45) is 0 Å². The van der Waals surface area contributed by atoms with E-state index in [0.29, 0.717) is 4.47 Å². The average molecular weight is 414 g/mol. The van der Waals surface area contributed by atoms with Crippen molar-refractivity contribution >= 4 is 60.5 Å². The van der Waals surface area contributed by atoms with E-state index in [-0.39, 0.29) is 21.4 Å². The van der Waals surface area contributed by atoms with E-state index in [1.54, 1.807) is 0 Å². The number of hydrogen-bond donors (Lipinski definition) is 2. The molecule has 3 N–H and O–H groups in total. The third kappa shape index (κ3) is 3.26. The van der Waals surface area contributed by atoms with Crippen LogP contribution in [0.1, 0.15) is 0 Å². The van der Waals surface area contributed by atoms with Gasteiger partial charge in [-0.05, 0) is 40.2 Å². The smallest absolute Gasteiger partial charge is 0.266 e. The van der Waals surface area contributed by atoms with E-state index in [1.807, 2.05) is 0 Å². The van der Waals surface area contributed by atoms with Crippen molar-refractivity contribution in [2.45, 2.75) is 4.90 Å². The summed E-state index contributed by atoms with van der Waals surface area (Å²) in [5.41, 5.74) is 5.34. The van der Waals surface area contributed by atoms with Crippen molar-refractivity contribution in [3.8, 4) is 0 Å². The summed E-state index contributed by atoms with van der Waals surface area (Å²) >= 11 is 15.0. The van der Waals surface area contributed by atoms with E-state index in [1.165, 1.54) is 24.3 Å². The Balaban J connectivity index is 2.51. The van der Waals surface area contributed by atoms with Gasteiger partial charge in [-0.1, -0.05) is 29.3 Å². The van der Waals surface area contributed by atoms with Gasteiger partial charge in [0.2, 0.25) is 0 Å². The highest BCUT2D eigenvalue weighted by Gasteiger charge is 2.23. The van der Waals surface area contributed by atoms with Crippen LogP contribution in [0.4, 0.5) is 15.8 Å². The summed E-state index contributed by atoms with van der Waals surface area (Å²) in [4.78, 5) is -0.639. The molecule has 2 aromatic rings. The number of nitrogens with one attached hydrogen (secondary N) is 1. The highest BCUT2D eigenvalue weighted by Crippen LogP contribution is 2.37. The molecule has 2 rings (SSSR count). The molecule has 0 aliphatic carbocycles. The number of hydrogen-bond acceptors (Lipinski definition) is 3. The van der Waals surface area contributed by atoms with Crippen LogP contribution in [0.3, 0.4) is 0 Å². The zero-order valence-electron chi connectivity index (χ0n) is 10.2. The van der Waals surface area contributed by atoms with Gasteiger partial charge >= 0.3 is 0 Å². The fourth-order valence-electron chi connectivity index (χ4n) is 1.61. The molecule has 0 atom stereocenters. The lowest BCUT2D eigenvalue weighted by molar-refractivity contribution is 0.572. The highest BCUT2D eigenvalue weighted by molar-refractivity contribution is 9.10. The Labute approximate surface area is 139 Å². The first-order valence-corrected chi connectivity index (χ1v) is 8.47. The molecule has 112 valence electrons. The van der Waals surface area contributed by atoms with Gasteiger partial charge in [-0.3, -0.25) is 4.72 Å². The van der Waals surface area contributed by atoms with Gasteiger partial charge in [0.15, 0.2) is 0 Å². The Bertz CT molecular complexity index is 795. The quantitative estimate of drug-likeness (QED) is 0.582. The predicted octanol–water partition coefficient (Wildman–Crippen LogP) is 4.28. The minimum atomic E-state index is -4.24. The van der Waals surface area contributed by atoms with Gasteiger partial charge in [-0.15, -0.1) is 0 Å². The highest BCUT2D eigenvalue weighted by atomic mass is 79.9. The molecule has 21 heavy (non-hydrogen) atoms. The molecule has 0 fully saturated rings. The molecule has 0 radical (unpaired) electrons. The van der Waals surface area contributed by atoms with Crippen molar-refractivity contribution < 1.29 is 12.8 Å². The fourth-order valence-corrected chi connectivity index (χ4v) is 3.75. The van der Waals surface area contributed by atoms with Crippen LogP contribution in [-0.4, -0.2) is 8.42 Å². The van der Waals surface area contributed by atoms with Gasteiger partial charge < -0.3 is 5.73 Å². The van der Waals surface area contributed by atoms with Crippen LogP contribution in [0.2, 0.25) is 10.0 Å². The molecule has 0 aliphatic heterocycles. The molecular weight excluding hydrogens is 406 g/mol. The molecular formula is C12H8BrCl2FN2O2S. The van der Waals surface area contributed by atoms with E-state index in [9.17, 15) is 12.8 Å². The van der Waals surface area contributed by atoms with E-state index in [4.69, 9.17) is 28.9 Å². The predicted molar refractivity (Wildman–Crippen MR) is 85.8 cm³/mol. The molecule has 0 saturated carbocycles. The number of benzene rings is 2. The molecule has 0 saturated heterocycles. The Morgan fingerprint density at radius 3 is 2.43 bits per heavy atom. The number of rotatable bonds is 3. The lowest BCUT2D eigenvalue weighted by Crippen LogP contribution is -2.16. The Hall–Kier alpha value is -1.02. The first-order valence-electron chi connectivity index (χ1n) is 5.44. The first kappa shape index (κ1) is 16.4. The maximum absolute atomic E-state index is 13.7. The summed E-state index contributed by atoms with van der Waals surface area (Å²) in [6.07, 6.45) is 0. The molecule has 0 aromatic heterocycles. The summed E-state index contributed by atoms with van der Waals surface area (Å²) in [5, 5.41) is 0.128. The minimum absolute atomic E-state index is 0.00970. The molecule has 0 spiro atoms. The standard InChI is InChI=1S/C12H8BrCl2FN2O2S/c13-6-4-5-9(11(15)10(6)14)18-21(19,20)12-7(16)2-1-3-8(12)17/h1-5,18H,17H2. The molecule has 0 heterocycles. The molecule has 9 heteroatoms. The lowest BCUT2D eigenvalue weighted by atomic mass is 10.3. The number of nitrogens with two attached hydrogens (primary N) is 1. The van der Waals surface area contributed by atoms with Crippen LogP contribution in [0, 0.1) is 5.82 Å². The van der Waals surface area contributed by atoms with Gasteiger partial charge in [-0.25, -0.2) is 12.8 Å². The molecule has 0 unspecified atom stereocenters. The third-order valence-electron chi connectivity index (χ3n) is 2.55. The number of halogens is 4. The second-order valence-electron chi connectivity index (χ2n) is 3.99. The van der Waals surface area contributed by atoms with Crippen LogP contribution in [0.25, 0.3) is 0 Å². The minimum Gasteiger partial charge on any atom is -0.398 e. The van der Waals surface area contributed by atoms with Crippen LogP contribution < -0.4 is 10.5 Å². The van der Waals surface area contributed by atoms with Crippen LogP contribution >= 0.6 is 39.1 Å². The second kappa shape index (κ2) is 6.00. The Kier molecular flexibility index (Phi) is 4.67. The molecule has 0 amide bonds. The van der Waals surface area contributed by atoms with Crippen LogP contribution in [0.15, 0.2) is 39.7 Å². The van der Waals surface area contributed by atoms with Crippen molar-refractivity contribution in [1.82, 2.24) is 0 Å². The molecule has 0 aliphatic rings. The van der Waals surface area contributed by atoms with Gasteiger partial charge in [-0.2, -0.15) is 0 Å². The third-order valence-corrected chi connectivity index (χ3v) is 5.77. The van der Waals surface area contributed by atoms with E-state index < -0.39 is 20.7 Å². The topological polar surface area (TPSA) is 72.2 Å². The molecule has 2 aromatic carbocycles. The van der Waals surface area contributed by atoms with E-state index in [0.717, 1.165) is 6.07 Å². The van der Waals surface area contributed by atoms with Gasteiger partial charge in [0.05, 0.1) is 21.4 Å². The molecule has 0 bridgehead atoms. The maximum Gasteiger partial charge on any atom is 0.266 e.